The molecule has 3 rings (SSSR count). The molecule has 1 fully saturated rings. The van der Waals surface area contributed by atoms with Crippen LogP contribution in [0, 0.1) is 25.2 Å². The standard InChI is InChI=1S/C34H47N7O7/c1-22-9-11-25(12-10-22)21-37-31(44)27(38-33(46)29(24(3)42)39-32(45)28-18-23(2)48-40-28)8-6-7-13-36-30(43)26(20-35)19-34(4,5)41-14-16-47-17-15-41/h9-12,18-19,24,27,29,42H,6-8,13-17,21H2,1-5H3,(H,36,43)(H,37,44)(H,38,46)(H,39,45)/t24-,27+,29+/m1/s1. The van der Waals surface area contributed by atoms with Gasteiger partial charge in [-0.1, -0.05) is 35.0 Å². The Morgan fingerprint density at radius 1 is 1.06 bits per heavy atom. The number of carbonyl (C=O) groups excluding carboxylic acids is 4. The van der Waals surface area contributed by atoms with Crippen LogP contribution in [0.25, 0.3) is 0 Å². The zero-order valence-electron chi connectivity index (χ0n) is 28.3. The van der Waals surface area contributed by atoms with Gasteiger partial charge in [-0.25, -0.2) is 0 Å². The smallest absolute Gasteiger partial charge is 0.274 e. The highest BCUT2D eigenvalue weighted by Gasteiger charge is 2.31. The molecule has 0 bridgehead atoms. The molecule has 2 aromatic rings. The maximum absolute atomic E-state index is 13.3. The van der Waals surface area contributed by atoms with Crippen LogP contribution in [0.3, 0.4) is 0 Å². The molecular weight excluding hydrogens is 618 g/mol. The zero-order valence-corrected chi connectivity index (χ0v) is 28.3. The van der Waals surface area contributed by atoms with Crippen molar-refractivity contribution >= 4 is 23.6 Å². The number of carbonyl (C=O) groups is 4. The van der Waals surface area contributed by atoms with Gasteiger partial charge in [-0.2, -0.15) is 5.26 Å². The quantitative estimate of drug-likeness (QED) is 0.0993. The summed E-state index contributed by atoms with van der Waals surface area (Å²) < 4.78 is 10.3. The van der Waals surface area contributed by atoms with Gasteiger partial charge in [0.05, 0.1) is 19.3 Å². The van der Waals surface area contributed by atoms with Gasteiger partial charge < -0.3 is 35.6 Å². The van der Waals surface area contributed by atoms with E-state index in [4.69, 9.17) is 9.26 Å². The minimum Gasteiger partial charge on any atom is -0.391 e. The minimum absolute atomic E-state index is 0.0131. The first kappa shape index (κ1) is 37.9. The van der Waals surface area contributed by atoms with E-state index in [1.165, 1.54) is 13.0 Å². The van der Waals surface area contributed by atoms with Crippen molar-refractivity contribution in [3.8, 4) is 6.07 Å². The monoisotopic (exact) mass is 665 g/mol. The first-order valence-electron chi connectivity index (χ1n) is 16.1. The van der Waals surface area contributed by atoms with E-state index >= 15 is 0 Å². The molecule has 0 saturated carbocycles. The third kappa shape index (κ3) is 11.6. The number of hydrogen-bond donors (Lipinski definition) is 5. The van der Waals surface area contributed by atoms with Crippen LogP contribution < -0.4 is 21.3 Å². The lowest BCUT2D eigenvalue weighted by atomic mass is 9.98. The first-order valence-corrected chi connectivity index (χ1v) is 16.1. The van der Waals surface area contributed by atoms with E-state index in [1.54, 1.807) is 13.0 Å². The lowest BCUT2D eigenvalue weighted by Crippen LogP contribution is -2.57. The Bertz CT molecular complexity index is 1470. The Balaban J connectivity index is 1.61. The summed E-state index contributed by atoms with van der Waals surface area (Å²) in [5.41, 5.74) is 1.39. The Hall–Kier alpha value is -4.58. The Labute approximate surface area is 281 Å². The number of nitrogens with one attached hydrogen (secondary N) is 4. The van der Waals surface area contributed by atoms with Crippen molar-refractivity contribution in [2.45, 2.75) is 84.2 Å². The van der Waals surface area contributed by atoms with Crippen molar-refractivity contribution in [2.75, 3.05) is 32.8 Å². The predicted octanol–water partition coefficient (Wildman–Crippen LogP) is 1.42. The molecule has 2 heterocycles. The Morgan fingerprint density at radius 3 is 2.35 bits per heavy atom. The number of aryl methyl sites for hydroxylation is 2. The molecule has 1 aliphatic heterocycles. The Kier molecular flexibility index (Phi) is 14.3. The molecule has 260 valence electrons. The van der Waals surface area contributed by atoms with Gasteiger partial charge in [0.25, 0.3) is 11.8 Å². The highest BCUT2D eigenvalue weighted by atomic mass is 16.5. The molecule has 0 unspecified atom stereocenters. The van der Waals surface area contributed by atoms with E-state index in [2.05, 4.69) is 31.3 Å². The SMILES string of the molecule is Cc1ccc(CNC(=O)[C@H](CCCCNC(=O)C(C#N)=CC(C)(C)N2CCOCC2)NC(=O)[C@@H](NC(=O)c2cc(C)on2)[C@@H](C)O)cc1. The fourth-order valence-corrected chi connectivity index (χ4v) is 5.15. The van der Waals surface area contributed by atoms with Crippen LogP contribution in [-0.4, -0.2) is 95.4 Å². The van der Waals surface area contributed by atoms with Crippen LogP contribution in [0.4, 0.5) is 0 Å². The molecule has 48 heavy (non-hydrogen) atoms. The van der Waals surface area contributed by atoms with Gasteiger partial charge >= 0.3 is 0 Å². The fourth-order valence-electron chi connectivity index (χ4n) is 5.15. The molecule has 14 heteroatoms. The molecule has 0 radical (unpaired) electrons. The maximum atomic E-state index is 13.3. The summed E-state index contributed by atoms with van der Waals surface area (Å²) in [6.45, 7) is 11.9. The number of ether oxygens (including phenoxy) is 1. The van der Waals surface area contributed by atoms with E-state index < -0.39 is 47.4 Å². The van der Waals surface area contributed by atoms with Gasteiger partial charge in [0.2, 0.25) is 11.8 Å². The molecule has 1 aromatic carbocycles. The molecule has 1 aliphatic rings. The summed E-state index contributed by atoms with van der Waals surface area (Å²) in [7, 11) is 0. The van der Waals surface area contributed by atoms with Gasteiger partial charge in [0.1, 0.15) is 29.5 Å². The van der Waals surface area contributed by atoms with Crippen LogP contribution in [0.1, 0.15) is 67.4 Å². The predicted molar refractivity (Wildman–Crippen MR) is 176 cm³/mol. The molecule has 1 aromatic heterocycles. The van der Waals surface area contributed by atoms with E-state index in [-0.39, 0.29) is 30.8 Å². The number of aliphatic hydroxyl groups is 1. The molecule has 4 amide bonds. The lowest BCUT2D eigenvalue weighted by Gasteiger charge is -2.39. The molecule has 14 nitrogen and oxygen atoms in total. The third-order valence-corrected chi connectivity index (χ3v) is 8.03. The van der Waals surface area contributed by atoms with Gasteiger partial charge in [-0.15, -0.1) is 0 Å². The summed E-state index contributed by atoms with van der Waals surface area (Å²) in [6.07, 6.45) is 1.47. The largest absolute Gasteiger partial charge is 0.391 e. The van der Waals surface area contributed by atoms with Crippen molar-refractivity contribution < 1.29 is 33.5 Å². The summed E-state index contributed by atoms with van der Waals surface area (Å²) >= 11 is 0. The van der Waals surface area contributed by atoms with E-state index in [1.807, 2.05) is 51.1 Å². The summed E-state index contributed by atoms with van der Waals surface area (Å²) in [6, 6.07) is 8.65. The van der Waals surface area contributed by atoms with Crippen molar-refractivity contribution in [3.63, 3.8) is 0 Å². The number of hydrogen-bond acceptors (Lipinski definition) is 10. The minimum atomic E-state index is -1.38. The van der Waals surface area contributed by atoms with Gasteiger partial charge in [0, 0.05) is 37.8 Å². The number of rotatable bonds is 16. The van der Waals surface area contributed by atoms with Gasteiger partial charge in [-0.05, 0) is 65.5 Å². The number of morpholine rings is 1. The first-order chi connectivity index (χ1) is 22.8. The molecule has 5 N–H and O–H groups in total. The van der Waals surface area contributed by atoms with Crippen molar-refractivity contribution in [1.29, 1.82) is 5.26 Å². The summed E-state index contributed by atoms with van der Waals surface area (Å²) in [4.78, 5) is 54.2. The normalized spacial score (nSPS) is 15.8. The van der Waals surface area contributed by atoms with Crippen LogP contribution in [0.2, 0.25) is 0 Å². The maximum Gasteiger partial charge on any atom is 0.274 e. The fraction of sp³-hybridized carbons (Fsp3) is 0.529. The number of aliphatic hydroxyl groups excluding tert-OH is 1. The Morgan fingerprint density at radius 2 is 1.75 bits per heavy atom. The number of amides is 4. The van der Waals surface area contributed by atoms with Gasteiger partial charge in [0.15, 0.2) is 5.69 Å². The average molecular weight is 666 g/mol. The van der Waals surface area contributed by atoms with Crippen LogP contribution >= 0.6 is 0 Å². The highest BCUT2D eigenvalue weighted by molar-refractivity contribution is 5.98. The summed E-state index contributed by atoms with van der Waals surface area (Å²) in [5, 5.41) is 34.4. The number of nitriles is 1. The van der Waals surface area contributed by atoms with Crippen molar-refractivity contribution in [2.24, 2.45) is 0 Å². The molecular formula is C34H47N7O7. The number of nitrogens with zero attached hydrogens (tertiary/aromatic N) is 3. The summed E-state index contributed by atoms with van der Waals surface area (Å²) in [5.74, 6) is -2.01. The topological polar surface area (TPSA) is 199 Å². The van der Waals surface area contributed by atoms with Crippen LogP contribution in [-0.2, 0) is 25.7 Å². The van der Waals surface area contributed by atoms with Crippen molar-refractivity contribution in [3.05, 3.63) is 64.6 Å². The molecule has 1 saturated heterocycles. The molecule has 0 aliphatic carbocycles. The van der Waals surface area contributed by atoms with Crippen molar-refractivity contribution in [1.82, 2.24) is 31.3 Å². The molecule has 3 atom stereocenters. The average Bonchev–Trinajstić information content (AvgIpc) is 3.51. The second kappa shape index (κ2) is 18.1. The number of unbranched alkanes of at least 4 members (excludes halogenated alkanes) is 1. The zero-order chi connectivity index (χ0) is 35.3. The van der Waals surface area contributed by atoms with E-state index in [9.17, 15) is 29.5 Å². The van der Waals surface area contributed by atoms with E-state index in [0.717, 1.165) is 11.1 Å². The third-order valence-electron chi connectivity index (χ3n) is 8.03. The second-order valence-electron chi connectivity index (χ2n) is 12.5. The number of benzene rings is 1. The van der Waals surface area contributed by atoms with Crippen LogP contribution in [0.5, 0.6) is 0 Å². The van der Waals surface area contributed by atoms with E-state index in [0.29, 0.717) is 44.9 Å². The highest BCUT2D eigenvalue weighted by Crippen LogP contribution is 2.20. The molecule has 0 spiro atoms. The second-order valence-corrected chi connectivity index (χ2v) is 12.5. The lowest BCUT2D eigenvalue weighted by molar-refractivity contribution is -0.131. The number of aromatic nitrogens is 1. The van der Waals surface area contributed by atoms with Gasteiger partial charge in [-0.3, -0.25) is 24.1 Å². The van der Waals surface area contributed by atoms with Crippen LogP contribution in [0.15, 0.2) is 46.5 Å².